The maximum absolute atomic E-state index is 12.6. The monoisotopic (exact) mass is 465 g/mol. The van der Waals surface area contributed by atoms with Crippen LogP contribution in [0.3, 0.4) is 0 Å². The van der Waals surface area contributed by atoms with Crippen molar-refractivity contribution in [3.63, 3.8) is 0 Å². The van der Waals surface area contributed by atoms with E-state index in [1.54, 1.807) is 31.4 Å². The van der Waals surface area contributed by atoms with E-state index in [-0.39, 0.29) is 11.7 Å². The first kappa shape index (κ1) is 23.8. The molecule has 0 atom stereocenters. The van der Waals surface area contributed by atoms with Crippen molar-refractivity contribution in [3.8, 4) is 40.3 Å². The zero-order valence-corrected chi connectivity index (χ0v) is 19.5. The minimum Gasteiger partial charge on any atom is -0.497 e. The molecule has 0 aliphatic carbocycles. The molecule has 33 heavy (non-hydrogen) atoms. The van der Waals surface area contributed by atoms with Crippen molar-refractivity contribution >= 4 is 23.4 Å². The predicted octanol–water partition coefficient (Wildman–Crippen LogP) is 4.39. The van der Waals surface area contributed by atoms with E-state index >= 15 is 0 Å². The van der Waals surface area contributed by atoms with Crippen LogP contribution in [0.25, 0.3) is 11.3 Å². The molecule has 0 bridgehead atoms. The van der Waals surface area contributed by atoms with Gasteiger partial charge in [0.05, 0.1) is 45.4 Å². The molecule has 170 valence electrons. The van der Waals surface area contributed by atoms with Gasteiger partial charge < -0.3 is 24.3 Å². The molecular weight excluding hydrogens is 442 g/mol. The molecule has 0 fully saturated rings. The van der Waals surface area contributed by atoms with Crippen LogP contribution in [0.2, 0.25) is 0 Å². The van der Waals surface area contributed by atoms with Gasteiger partial charge in [-0.2, -0.15) is 5.26 Å². The molecule has 0 saturated carbocycles. The lowest BCUT2D eigenvalue weighted by atomic mass is 10.1. The van der Waals surface area contributed by atoms with Gasteiger partial charge in [-0.05, 0) is 24.3 Å². The summed E-state index contributed by atoms with van der Waals surface area (Å²) in [7, 11) is 6.11. The Kier molecular flexibility index (Phi) is 8.00. The van der Waals surface area contributed by atoms with Gasteiger partial charge in [-0.15, -0.1) is 0 Å². The number of ether oxygens (including phenoxy) is 4. The van der Waals surface area contributed by atoms with Crippen molar-refractivity contribution in [2.24, 2.45) is 0 Å². The molecule has 1 heterocycles. The SMILES string of the molecule is COc1cccc(-c2ccc(C#N)c(SCC(=O)Nc3cc(OC)c(OC)c(OC)c3)n2)c1. The Labute approximate surface area is 196 Å². The number of amides is 1. The van der Waals surface area contributed by atoms with Crippen molar-refractivity contribution in [2.75, 3.05) is 39.5 Å². The van der Waals surface area contributed by atoms with Crippen LogP contribution in [0.1, 0.15) is 5.56 Å². The quantitative estimate of drug-likeness (QED) is 0.464. The summed E-state index contributed by atoms with van der Waals surface area (Å²) in [6.45, 7) is 0. The molecule has 8 nitrogen and oxygen atoms in total. The molecule has 1 aromatic heterocycles. The van der Waals surface area contributed by atoms with E-state index in [0.717, 1.165) is 5.56 Å². The van der Waals surface area contributed by atoms with Crippen LogP contribution in [-0.4, -0.2) is 45.1 Å². The van der Waals surface area contributed by atoms with Gasteiger partial charge in [0, 0.05) is 23.4 Å². The molecule has 3 rings (SSSR count). The highest BCUT2D eigenvalue weighted by atomic mass is 32.2. The molecule has 0 aliphatic heterocycles. The number of thioether (sulfide) groups is 1. The average Bonchev–Trinajstić information content (AvgIpc) is 2.86. The van der Waals surface area contributed by atoms with Gasteiger partial charge in [0.2, 0.25) is 11.7 Å². The number of nitrogens with one attached hydrogen (secondary N) is 1. The van der Waals surface area contributed by atoms with Gasteiger partial charge in [-0.25, -0.2) is 4.98 Å². The zero-order valence-electron chi connectivity index (χ0n) is 18.7. The van der Waals surface area contributed by atoms with Gasteiger partial charge in [0.1, 0.15) is 16.8 Å². The second-order valence-corrected chi connectivity index (χ2v) is 7.61. The van der Waals surface area contributed by atoms with Crippen molar-refractivity contribution in [1.29, 1.82) is 5.26 Å². The number of carbonyl (C=O) groups is 1. The van der Waals surface area contributed by atoms with E-state index in [4.69, 9.17) is 18.9 Å². The largest absolute Gasteiger partial charge is 0.497 e. The standard InChI is InChI=1S/C24H23N3O5S/c1-29-18-7-5-6-15(10-18)19-9-8-16(13-25)24(27-19)33-14-22(28)26-17-11-20(30-2)23(32-4)21(12-17)31-3/h5-12H,14H2,1-4H3,(H,26,28). The molecule has 0 radical (unpaired) electrons. The van der Waals surface area contributed by atoms with E-state index in [9.17, 15) is 10.1 Å². The zero-order chi connectivity index (χ0) is 23.8. The van der Waals surface area contributed by atoms with Gasteiger partial charge in [0.15, 0.2) is 11.5 Å². The fourth-order valence-corrected chi connectivity index (χ4v) is 3.84. The summed E-state index contributed by atoms with van der Waals surface area (Å²) in [5, 5.41) is 12.7. The number of hydrogen-bond acceptors (Lipinski definition) is 8. The summed E-state index contributed by atoms with van der Waals surface area (Å²) in [6, 6.07) is 16.4. The maximum Gasteiger partial charge on any atom is 0.234 e. The van der Waals surface area contributed by atoms with E-state index < -0.39 is 0 Å². The molecule has 1 N–H and O–H groups in total. The number of methoxy groups -OCH3 is 4. The number of nitrogens with zero attached hydrogens (tertiary/aromatic N) is 2. The molecule has 0 unspecified atom stereocenters. The number of benzene rings is 2. The third kappa shape index (κ3) is 5.67. The molecule has 0 saturated heterocycles. The minimum absolute atomic E-state index is 0.0555. The Hall–Kier alpha value is -3.90. The Balaban J connectivity index is 1.76. The van der Waals surface area contributed by atoms with Crippen molar-refractivity contribution in [2.45, 2.75) is 5.03 Å². The normalized spacial score (nSPS) is 10.2. The van der Waals surface area contributed by atoms with E-state index in [1.807, 2.05) is 24.3 Å². The third-order valence-electron chi connectivity index (χ3n) is 4.63. The van der Waals surface area contributed by atoms with Gasteiger partial charge in [0.25, 0.3) is 0 Å². The van der Waals surface area contributed by atoms with Crippen LogP contribution in [0.15, 0.2) is 53.6 Å². The molecule has 0 spiro atoms. The van der Waals surface area contributed by atoms with Crippen LogP contribution in [0.5, 0.6) is 23.0 Å². The highest BCUT2D eigenvalue weighted by molar-refractivity contribution is 8.00. The summed E-state index contributed by atoms with van der Waals surface area (Å²) in [5.74, 6) is 1.78. The Bertz CT molecular complexity index is 1170. The van der Waals surface area contributed by atoms with Gasteiger partial charge >= 0.3 is 0 Å². The fourth-order valence-electron chi connectivity index (χ4n) is 3.06. The maximum atomic E-state index is 12.6. The first-order chi connectivity index (χ1) is 16.0. The Morgan fingerprint density at radius 2 is 1.73 bits per heavy atom. The molecule has 1 amide bonds. The predicted molar refractivity (Wildman–Crippen MR) is 126 cm³/mol. The molecular formula is C24H23N3O5S. The molecule has 2 aromatic carbocycles. The number of hydrogen-bond donors (Lipinski definition) is 1. The number of aromatic nitrogens is 1. The van der Waals surface area contributed by atoms with E-state index in [2.05, 4.69) is 16.4 Å². The summed E-state index contributed by atoms with van der Waals surface area (Å²) in [5.41, 5.74) is 2.42. The number of rotatable bonds is 9. The summed E-state index contributed by atoms with van der Waals surface area (Å²) >= 11 is 1.18. The Morgan fingerprint density at radius 1 is 1.00 bits per heavy atom. The second kappa shape index (κ2) is 11.1. The van der Waals surface area contributed by atoms with E-state index in [0.29, 0.717) is 45.0 Å². The molecule has 3 aromatic rings. The van der Waals surface area contributed by atoms with Gasteiger partial charge in [-0.3, -0.25) is 4.79 Å². The molecule has 0 aliphatic rings. The number of anilines is 1. The van der Waals surface area contributed by atoms with Gasteiger partial charge in [-0.1, -0.05) is 23.9 Å². The van der Waals surface area contributed by atoms with Crippen LogP contribution < -0.4 is 24.3 Å². The Morgan fingerprint density at radius 3 is 2.33 bits per heavy atom. The summed E-state index contributed by atoms with van der Waals surface area (Å²) in [4.78, 5) is 17.2. The average molecular weight is 466 g/mol. The fraction of sp³-hybridized carbons (Fsp3) is 0.208. The van der Waals surface area contributed by atoms with Crippen molar-refractivity contribution in [1.82, 2.24) is 4.98 Å². The number of nitriles is 1. The van der Waals surface area contributed by atoms with Crippen molar-refractivity contribution in [3.05, 3.63) is 54.1 Å². The highest BCUT2D eigenvalue weighted by Crippen LogP contribution is 2.40. The van der Waals surface area contributed by atoms with Crippen molar-refractivity contribution < 1.29 is 23.7 Å². The smallest absolute Gasteiger partial charge is 0.234 e. The van der Waals surface area contributed by atoms with E-state index in [1.165, 1.54) is 33.1 Å². The van der Waals surface area contributed by atoms with Crippen LogP contribution >= 0.6 is 11.8 Å². The highest BCUT2D eigenvalue weighted by Gasteiger charge is 2.16. The summed E-state index contributed by atoms with van der Waals surface area (Å²) < 4.78 is 21.2. The first-order valence-electron chi connectivity index (χ1n) is 9.81. The second-order valence-electron chi connectivity index (χ2n) is 6.64. The third-order valence-corrected chi connectivity index (χ3v) is 5.63. The van der Waals surface area contributed by atoms with Crippen LogP contribution in [-0.2, 0) is 4.79 Å². The lowest BCUT2D eigenvalue weighted by Crippen LogP contribution is -2.14. The summed E-state index contributed by atoms with van der Waals surface area (Å²) in [6.07, 6.45) is 0. The van der Waals surface area contributed by atoms with Crippen LogP contribution in [0.4, 0.5) is 5.69 Å². The topological polar surface area (TPSA) is 103 Å². The number of pyridine rings is 1. The number of carbonyl (C=O) groups excluding carboxylic acids is 1. The van der Waals surface area contributed by atoms with Crippen LogP contribution in [0, 0.1) is 11.3 Å². The minimum atomic E-state index is -0.272. The lowest BCUT2D eigenvalue weighted by molar-refractivity contribution is -0.113. The molecule has 9 heteroatoms. The first-order valence-corrected chi connectivity index (χ1v) is 10.8. The lowest BCUT2D eigenvalue weighted by Gasteiger charge is -2.14.